The standard InChI is InChI=1S/C18H19F3N4O2/c1-12-9-16(24-17(22-12)25-7-2-3-8-25)27-11-15(26)23-14-6-4-5-13(10-14)18(19,20)21/h4-6,9-10H,2-3,7-8,11H2,1H3,(H,23,26). The van der Waals surface area contributed by atoms with Crippen molar-refractivity contribution in [1.82, 2.24) is 9.97 Å². The predicted octanol–water partition coefficient (Wildman–Crippen LogP) is 3.42. The van der Waals surface area contributed by atoms with Gasteiger partial charge in [-0.1, -0.05) is 6.07 Å². The molecule has 1 aliphatic rings. The number of benzene rings is 1. The van der Waals surface area contributed by atoms with Crippen LogP contribution in [0.25, 0.3) is 0 Å². The number of hydrogen-bond donors (Lipinski definition) is 1. The molecular weight excluding hydrogens is 361 g/mol. The van der Waals surface area contributed by atoms with Crippen LogP contribution in [0.3, 0.4) is 0 Å². The first-order valence-electron chi connectivity index (χ1n) is 8.52. The third-order valence-corrected chi connectivity index (χ3v) is 4.03. The van der Waals surface area contributed by atoms with Crippen molar-refractivity contribution in [1.29, 1.82) is 0 Å². The summed E-state index contributed by atoms with van der Waals surface area (Å²) in [6.07, 6.45) is -2.32. The second-order valence-corrected chi connectivity index (χ2v) is 6.26. The predicted molar refractivity (Wildman–Crippen MR) is 93.8 cm³/mol. The van der Waals surface area contributed by atoms with E-state index in [1.807, 2.05) is 4.90 Å². The normalized spacial score (nSPS) is 14.3. The molecule has 1 aromatic heterocycles. The Hall–Kier alpha value is -2.84. The number of halogens is 3. The maximum atomic E-state index is 12.7. The number of carbonyl (C=O) groups excluding carboxylic acids is 1. The molecule has 9 heteroatoms. The van der Waals surface area contributed by atoms with Gasteiger partial charge in [0.1, 0.15) is 0 Å². The Labute approximate surface area is 154 Å². The first kappa shape index (κ1) is 18.9. The van der Waals surface area contributed by atoms with E-state index in [2.05, 4.69) is 15.3 Å². The number of amides is 1. The van der Waals surface area contributed by atoms with Crippen LogP contribution < -0.4 is 15.0 Å². The van der Waals surface area contributed by atoms with Crippen LogP contribution in [0.4, 0.5) is 24.8 Å². The van der Waals surface area contributed by atoms with Crippen molar-refractivity contribution in [2.45, 2.75) is 25.9 Å². The van der Waals surface area contributed by atoms with E-state index in [1.165, 1.54) is 12.1 Å². The quantitative estimate of drug-likeness (QED) is 0.861. The van der Waals surface area contributed by atoms with Crippen LogP contribution in [-0.4, -0.2) is 35.6 Å². The molecule has 3 rings (SSSR count). The molecule has 0 atom stereocenters. The van der Waals surface area contributed by atoms with Crippen molar-refractivity contribution in [2.24, 2.45) is 0 Å². The van der Waals surface area contributed by atoms with E-state index in [4.69, 9.17) is 4.74 Å². The molecule has 0 spiro atoms. The van der Waals surface area contributed by atoms with Crippen molar-refractivity contribution in [3.8, 4) is 5.88 Å². The summed E-state index contributed by atoms with van der Waals surface area (Å²) < 4.78 is 43.6. The van der Waals surface area contributed by atoms with Crippen LogP contribution in [0, 0.1) is 6.92 Å². The van der Waals surface area contributed by atoms with Crippen LogP contribution >= 0.6 is 0 Å². The summed E-state index contributed by atoms with van der Waals surface area (Å²) in [4.78, 5) is 22.7. The summed E-state index contributed by atoms with van der Waals surface area (Å²) in [6.45, 7) is 3.18. The average Bonchev–Trinajstić information content (AvgIpc) is 3.14. The fourth-order valence-corrected chi connectivity index (χ4v) is 2.77. The van der Waals surface area contributed by atoms with Gasteiger partial charge < -0.3 is 15.0 Å². The molecule has 27 heavy (non-hydrogen) atoms. The largest absolute Gasteiger partial charge is 0.467 e. The monoisotopic (exact) mass is 380 g/mol. The van der Waals surface area contributed by atoms with Crippen molar-refractivity contribution >= 4 is 17.5 Å². The van der Waals surface area contributed by atoms with Gasteiger partial charge in [-0.3, -0.25) is 4.79 Å². The smallest absolute Gasteiger partial charge is 0.416 e. The fourth-order valence-electron chi connectivity index (χ4n) is 2.77. The molecule has 1 saturated heterocycles. The summed E-state index contributed by atoms with van der Waals surface area (Å²) in [5, 5.41) is 2.39. The zero-order valence-corrected chi connectivity index (χ0v) is 14.7. The second kappa shape index (κ2) is 7.81. The molecule has 0 unspecified atom stereocenters. The molecule has 2 aromatic rings. The number of hydrogen-bond acceptors (Lipinski definition) is 5. The minimum Gasteiger partial charge on any atom is -0.467 e. The highest BCUT2D eigenvalue weighted by molar-refractivity contribution is 5.91. The highest BCUT2D eigenvalue weighted by Crippen LogP contribution is 2.30. The van der Waals surface area contributed by atoms with Gasteiger partial charge in [-0.15, -0.1) is 0 Å². The van der Waals surface area contributed by atoms with Gasteiger partial charge in [0, 0.05) is 30.5 Å². The van der Waals surface area contributed by atoms with Gasteiger partial charge in [-0.05, 0) is 38.0 Å². The van der Waals surface area contributed by atoms with Gasteiger partial charge in [-0.25, -0.2) is 4.98 Å². The van der Waals surface area contributed by atoms with Crippen molar-refractivity contribution in [2.75, 3.05) is 29.9 Å². The van der Waals surface area contributed by atoms with Gasteiger partial charge in [0.2, 0.25) is 11.8 Å². The minimum absolute atomic E-state index is 0.0510. The van der Waals surface area contributed by atoms with Crippen LogP contribution in [0.15, 0.2) is 30.3 Å². The number of rotatable bonds is 5. The number of ether oxygens (including phenoxy) is 1. The zero-order valence-electron chi connectivity index (χ0n) is 14.7. The Morgan fingerprint density at radius 3 is 2.67 bits per heavy atom. The van der Waals surface area contributed by atoms with E-state index in [0.29, 0.717) is 11.6 Å². The summed E-state index contributed by atoms with van der Waals surface area (Å²) >= 11 is 0. The lowest BCUT2D eigenvalue weighted by Crippen LogP contribution is -2.23. The first-order valence-corrected chi connectivity index (χ1v) is 8.52. The number of aryl methyl sites for hydroxylation is 1. The van der Waals surface area contributed by atoms with E-state index < -0.39 is 17.6 Å². The van der Waals surface area contributed by atoms with Crippen molar-refractivity contribution in [3.63, 3.8) is 0 Å². The molecule has 144 valence electrons. The van der Waals surface area contributed by atoms with Gasteiger partial charge in [0.25, 0.3) is 5.91 Å². The molecule has 0 radical (unpaired) electrons. The van der Waals surface area contributed by atoms with Gasteiger partial charge in [0.05, 0.1) is 5.56 Å². The Bertz CT molecular complexity index is 820. The molecule has 1 N–H and O–H groups in total. The van der Waals surface area contributed by atoms with E-state index in [-0.39, 0.29) is 18.2 Å². The lowest BCUT2D eigenvalue weighted by molar-refractivity contribution is -0.137. The number of nitrogens with one attached hydrogen (secondary N) is 1. The van der Waals surface area contributed by atoms with E-state index in [9.17, 15) is 18.0 Å². The molecule has 1 aliphatic heterocycles. The maximum absolute atomic E-state index is 12.7. The zero-order chi connectivity index (χ0) is 19.4. The number of alkyl halides is 3. The van der Waals surface area contributed by atoms with E-state index in [1.54, 1.807) is 13.0 Å². The molecule has 2 heterocycles. The number of aromatic nitrogens is 2. The fraction of sp³-hybridized carbons (Fsp3) is 0.389. The Kier molecular flexibility index (Phi) is 5.48. The van der Waals surface area contributed by atoms with Gasteiger partial charge >= 0.3 is 6.18 Å². The molecule has 0 saturated carbocycles. The van der Waals surface area contributed by atoms with Crippen LogP contribution in [0.5, 0.6) is 5.88 Å². The lowest BCUT2D eigenvalue weighted by atomic mass is 10.2. The van der Waals surface area contributed by atoms with Crippen LogP contribution in [-0.2, 0) is 11.0 Å². The number of carbonyl (C=O) groups is 1. The minimum atomic E-state index is -4.47. The highest BCUT2D eigenvalue weighted by atomic mass is 19.4. The number of nitrogens with zero attached hydrogens (tertiary/aromatic N) is 3. The van der Waals surface area contributed by atoms with Crippen molar-refractivity contribution < 1.29 is 22.7 Å². The van der Waals surface area contributed by atoms with Crippen LogP contribution in [0.2, 0.25) is 0 Å². The molecule has 1 aromatic carbocycles. The third-order valence-electron chi connectivity index (χ3n) is 4.03. The Morgan fingerprint density at radius 2 is 1.96 bits per heavy atom. The molecule has 0 aliphatic carbocycles. The SMILES string of the molecule is Cc1cc(OCC(=O)Nc2cccc(C(F)(F)F)c2)nc(N2CCCC2)n1. The van der Waals surface area contributed by atoms with E-state index >= 15 is 0 Å². The first-order chi connectivity index (χ1) is 12.8. The molecule has 1 amide bonds. The van der Waals surface area contributed by atoms with Gasteiger partial charge in [-0.2, -0.15) is 18.2 Å². The second-order valence-electron chi connectivity index (χ2n) is 6.26. The summed E-state index contributed by atoms with van der Waals surface area (Å²) in [6, 6.07) is 6.04. The summed E-state index contributed by atoms with van der Waals surface area (Å²) in [5.74, 6) is 0.234. The number of anilines is 2. The Morgan fingerprint density at radius 1 is 1.22 bits per heavy atom. The molecule has 1 fully saturated rings. The topological polar surface area (TPSA) is 67.3 Å². The highest BCUT2D eigenvalue weighted by Gasteiger charge is 2.30. The Balaban J connectivity index is 1.61. The summed E-state index contributed by atoms with van der Waals surface area (Å²) in [5.41, 5.74) is -0.0712. The van der Waals surface area contributed by atoms with Crippen molar-refractivity contribution in [3.05, 3.63) is 41.6 Å². The maximum Gasteiger partial charge on any atom is 0.416 e. The molecule has 6 nitrogen and oxygen atoms in total. The molecular formula is C18H19F3N4O2. The average molecular weight is 380 g/mol. The van der Waals surface area contributed by atoms with Gasteiger partial charge in [0.15, 0.2) is 6.61 Å². The molecule has 0 bridgehead atoms. The summed E-state index contributed by atoms with van der Waals surface area (Å²) in [7, 11) is 0. The van der Waals surface area contributed by atoms with E-state index in [0.717, 1.165) is 38.1 Å². The lowest BCUT2D eigenvalue weighted by Gasteiger charge is -2.16. The van der Waals surface area contributed by atoms with Crippen LogP contribution in [0.1, 0.15) is 24.1 Å². The third kappa shape index (κ3) is 5.08.